The van der Waals surface area contributed by atoms with E-state index in [9.17, 15) is 13.2 Å². The normalized spacial score (nSPS) is 26.0. The molecule has 0 aromatic carbocycles. The molecule has 0 saturated heterocycles. The first-order chi connectivity index (χ1) is 8.52. The van der Waals surface area contributed by atoms with E-state index < -0.39 is 11.9 Å². The Kier molecular flexibility index (Phi) is 3.94. The molecule has 0 aliphatic heterocycles. The van der Waals surface area contributed by atoms with Gasteiger partial charge in [0.2, 0.25) is 0 Å². The van der Waals surface area contributed by atoms with Crippen LogP contribution >= 0.6 is 0 Å². The quantitative estimate of drug-likeness (QED) is 0.829. The smallest absolute Gasteiger partial charge is 0.315 e. The molecule has 1 N–H and O–H groups in total. The third-order valence-electron chi connectivity index (χ3n) is 3.59. The lowest BCUT2D eigenvalue weighted by Gasteiger charge is -2.25. The van der Waals surface area contributed by atoms with Crippen molar-refractivity contribution in [2.75, 3.05) is 7.05 Å². The number of alkyl halides is 3. The molecule has 2 unspecified atom stereocenters. The molecule has 2 atom stereocenters. The van der Waals surface area contributed by atoms with E-state index in [0.29, 0.717) is 0 Å². The van der Waals surface area contributed by atoms with Gasteiger partial charge in [-0.05, 0) is 26.0 Å². The number of nitrogens with one attached hydrogen (secondary N) is 1. The summed E-state index contributed by atoms with van der Waals surface area (Å²) in [6.07, 6.45) is 2.27. The molecule has 1 aliphatic rings. The summed E-state index contributed by atoms with van der Waals surface area (Å²) in [5, 5.41) is 6.90. The fraction of sp³-hybridized carbons (Fsp3) is 0.750. The molecule has 2 rings (SSSR count). The zero-order valence-electron chi connectivity index (χ0n) is 10.4. The summed E-state index contributed by atoms with van der Waals surface area (Å²) in [4.78, 5) is 0. The number of hydrogen-bond acceptors (Lipinski definition) is 2. The van der Waals surface area contributed by atoms with Gasteiger partial charge in [0.25, 0.3) is 0 Å². The first-order valence-corrected chi connectivity index (χ1v) is 6.32. The number of aromatic nitrogens is 2. The topological polar surface area (TPSA) is 29.9 Å². The number of hydrogen-bond donors (Lipinski definition) is 1. The zero-order valence-corrected chi connectivity index (χ0v) is 10.4. The van der Waals surface area contributed by atoms with E-state index in [1.165, 1.54) is 10.9 Å². The second kappa shape index (κ2) is 5.30. The number of rotatable bonds is 2. The predicted molar refractivity (Wildman–Crippen MR) is 62.2 cm³/mol. The molecular weight excluding hydrogens is 243 g/mol. The van der Waals surface area contributed by atoms with Crippen molar-refractivity contribution in [3.63, 3.8) is 0 Å². The molecule has 0 amide bonds. The standard InChI is InChI=1S/C12H18F3N3/c1-16-9-5-3-2-4-6-10(9)18-8-7-11(17-18)12(13,14)15/h7-10,16H,2-6H2,1H3. The lowest BCUT2D eigenvalue weighted by molar-refractivity contribution is -0.141. The summed E-state index contributed by atoms with van der Waals surface area (Å²) >= 11 is 0. The summed E-state index contributed by atoms with van der Waals surface area (Å²) in [6, 6.07) is 1.28. The Morgan fingerprint density at radius 1 is 1.28 bits per heavy atom. The fourth-order valence-corrected chi connectivity index (χ4v) is 2.62. The van der Waals surface area contributed by atoms with Gasteiger partial charge in [0.05, 0.1) is 6.04 Å². The van der Waals surface area contributed by atoms with Gasteiger partial charge in [-0.25, -0.2) is 0 Å². The predicted octanol–water partition coefficient (Wildman–Crippen LogP) is 3.00. The largest absolute Gasteiger partial charge is 0.435 e. The zero-order chi connectivity index (χ0) is 13.2. The van der Waals surface area contributed by atoms with Crippen LogP contribution in [0.1, 0.15) is 43.8 Å². The first kappa shape index (κ1) is 13.4. The Bertz CT molecular complexity index is 386. The molecule has 0 spiro atoms. The van der Waals surface area contributed by atoms with Gasteiger partial charge in [-0.1, -0.05) is 19.3 Å². The highest BCUT2D eigenvalue weighted by molar-refractivity contribution is 5.04. The van der Waals surface area contributed by atoms with Crippen molar-refractivity contribution < 1.29 is 13.2 Å². The average molecular weight is 261 g/mol. The summed E-state index contributed by atoms with van der Waals surface area (Å²) < 4.78 is 39.1. The van der Waals surface area contributed by atoms with Crippen molar-refractivity contribution in [2.45, 2.75) is 50.4 Å². The van der Waals surface area contributed by atoms with Crippen LogP contribution in [0.5, 0.6) is 0 Å². The van der Waals surface area contributed by atoms with Crippen molar-refractivity contribution in [3.8, 4) is 0 Å². The third-order valence-corrected chi connectivity index (χ3v) is 3.59. The Labute approximate surface area is 104 Å². The van der Waals surface area contributed by atoms with Gasteiger partial charge in [-0.2, -0.15) is 18.3 Å². The van der Waals surface area contributed by atoms with E-state index >= 15 is 0 Å². The van der Waals surface area contributed by atoms with E-state index in [0.717, 1.165) is 38.2 Å². The molecule has 1 aromatic heterocycles. The van der Waals surface area contributed by atoms with Gasteiger partial charge in [0.1, 0.15) is 0 Å². The van der Waals surface area contributed by atoms with Crippen LogP contribution in [-0.4, -0.2) is 22.9 Å². The molecule has 1 aliphatic carbocycles. The molecular formula is C12H18F3N3. The van der Waals surface area contributed by atoms with Gasteiger partial charge in [-0.15, -0.1) is 0 Å². The van der Waals surface area contributed by atoms with Gasteiger partial charge >= 0.3 is 6.18 Å². The maximum atomic E-state index is 12.5. The molecule has 3 nitrogen and oxygen atoms in total. The lowest BCUT2D eigenvalue weighted by Crippen LogP contribution is -2.34. The first-order valence-electron chi connectivity index (χ1n) is 6.32. The number of nitrogens with zero attached hydrogens (tertiary/aromatic N) is 2. The molecule has 1 heterocycles. The lowest BCUT2D eigenvalue weighted by atomic mass is 10.0. The van der Waals surface area contributed by atoms with Crippen LogP contribution in [0.2, 0.25) is 0 Å². The molecule has 0 radical (unpaired) electrons. The van der Waals surface area contributed by atoms with Crippen LogP contribution in [0.25, 0.3) is 0 Å². The van der Waals surface area contributed by atoms with Crippen molar-refractivity contribution >= 4 is 0 Å². The molecule has 18 heavy (non-hydrogen) atoms. The molecule has 102 valence electrons. The second-order valence-corrected chi connectivity index (χ2v) is 4.78. The maximum absolute atomic E-state index is 12.5. The van der Waals surface area contributed by atoms with Gasteiger partial charge in [0.15, 0.2) is 5.69 Å². The Morgan fingerprint density at radius 3 is 2.61 bits per heavy atom. The molecule has 1 aromatic rings. The van der Waals surface area contributed by atoms with Crippen molar-refractivity contribution in [3.05, 3.63) is 18.0 Å². The Balaban J connectivity index is 2.20. The Hall–Kier alpha value is -1.04. The van der Waals surface area contributed by atoms with Crippen molar-refractivity contribution in [1.29, 1.82) is 0 Å². The highest BCUT2D eigenvalue weighted by Crippen LogP contribution is 2.31. The monoisotopic (exact) mass is 261 g/mol. The van der Waals surface area contributed by atoms with Gasteiger partial charge < -0.3 is 5.32 Å². The molecule has 1 saturated carbocycles. The van der Waals surface area contributed by atoms with Gasteiger partial charge in [-0.3, -0.25) is 4.68 Å². The van der Waals surface area contributed by atoms with Crippen LogP contribution in [0.4, 0.5) is 13.2 Å². The second-order valence-electron chi connectivity index (χ2n) is 4.78. The van der Waals surface area contributed by atoms with E-state index in [1.54, 1.807) is 0 Å². The van der Waals surface area contributed by atoms with Crippen molar-refractivity contribution in [2.24, 2.45) is 0 Å². The van der Waals surface area contributed by atoms with Crippen LogP contribution in [0, 0.1) is 0 Å². The Morgan fingerprint density at radius 2 is 2.00 bits per heavy atom. The fourth-order valence-electron chi connectivity index (χ4n) is 2.62. The van der Waals surface area contributed by atoms with Crippen LogP contribution in [0.15, 0.2) is 12.3 Å². The third kappa shape index (κ3) is 2.85. The van der Waals surface area contributed by atoms with E-state index in [4.69, 9.17) is 0 Å². The highest BCUT2D eigenvalue weighted by atomic mass is 19.4. The number of likely N-dealkylation sites (N-methyl/N-ethyl adjacent to an activating group) is 1. The van der Waals surface area contributed by atoms with Crippen molar-refractivity contribution in [1.82, 2.24) is 15.1 Å². The maximum Gasteiger partial charge on any atom is 0.435 e. The minimum Gasteiger partial charge on any atom is -0.315 e. The van der Waals surface area contributed by atoms with Gasteiger partial charge in [0, 0.05) is 12.2 Å². The average Bonchev–Trinajstić information content (AvgIpc) is 2.68. The molecule has 0 bridgehead atoms. The SMILES string of the molecule is CNC1CCCCCC1n1ccc(C(F)(F)F)n1. The summed E-state index contributed by atoms with van der Waals surface area (Å²) in [6.45, 7) is 0. The summed E-state index contributed by atoms with van der Waals surface area (Å²) in [7, 11) is 1.86. The minimum absolute atomic E-state index is 0.0219. The highest BCUT2D eigenvalue weighted by Gasteiger charge is 2.35. The minimum atomic E-state index is -4.36. The van der Waals surface area contributed by atoms with Crippen LogP contribution in [-0.2, 0) is 6.18 Å². The molecule has 6 heteroatoms. The summed E-state index contributed by atoms with van der Waals surface area (Å²) in [5.41, 5.74) is -0.804. The van der Waals surface area contributed by atoms with Crippen LogP contribution < -0.4 is 5.32 Å². The molecule has 1 fully saturated rings. The van der Waals surface area contributed by atoms with Crippen LogP contribution in [0.3, 0.4) is 0 Å². The number of halogens is 3. The van der Waals surface area contributed by atoms with E-state index in [2.05, 4.69) is 10.4 Å². The van der Waals surface area contributed by atoms with E-state index in [-0.39, 0.29) is 12.1 Å². The summed E-state index contributed by atoms with van der Waals surface area (Å²) in [5.74, 6) is 0. The van der Waals surface area contributed by atoms with E-state index in [1.807, 2.05) is 7.05 Å².